The van der Waals surface area contributed by atoms with Gasteiger partial charge in [-0.1, -0.05) is 41.9 Å². The normalized spacial score (nSPS) is 11.4. The van der Waals surface area contributed by atoms with Crippen molar-refractivity contribution in [3.05, 3.63) is 115 Å². The SMILES string of the molecule is COc1cc(C=Nn2c(-c3cc4c(OC)cccc4o3)nc3ccccc3c2=O)c(Br)c(Cl)c1OCc1cccc(C(=O)O)c1. The standard InChI is InChI=1S/C33H23BrClN3O7/c1-42-24-11-6-12-25-22(24)15-27(45-25)31-37-23-10-4-3-9-21(23)32(39)38(31)36-16-20-14-26(43-2)30(29(35)28(20)34)44-17-18-7-5-8-19(13-18)33(40)41/h3-16H,17H2,1-2H3,(H,40,41). The van der Waals surface area contributed by atoms with E-state index in [-0.39, 0.29) is 28.8 Å². The molecule has 0 spiro atoms. The largest absolute Gasteiger partial charge is 0.496 e. The summed E-state index contributed by atoms with van der Waals surface area (Å²) in [6.07, 6.45) is 1.45. The zero-order valence-electron chi connectivity index (χ0n) is 23.8. The highest BCUT2D eigenvalue weighted by molar-refractivity contribution is 9.10. The molecule has 6 rings (SSSR count). The number of halogens is 2. The lowest BCUT2D eigenvalue weighted by atomic mass is 10.1. The second-order valence-corrected chi connectivity index (χ2v) is 10.9. The smallest absolute Gasteiger partial charge is 0.335 e. The highest BCUT2D eigenvalue weighted by Gasteiger charge is 2.20. The molecule has 0 unspecified atom stereocenters. The van der Waals surface area contributed by atoms with E-state index >= 15 is 0 Å². The first-order valence-electron chi connectivity index (χ1n) is 13.4. The van der Waals surface area contributed by atoms with Crippen molar-refractivity contribution in [3.63, 3.8) is 0 Å². The summed E-state index contributed by atoms with van der Waals surface area (Å²) in [5.41, 5.74) is 1.89. The first-order chi connectivity index (χ1) is 21.8. The number of aromatic carboxylic acids is 1. The number of fused-ring (bicyclic) bond motifs is 2. The fraction of sp³-hybridized carbons (Fsp3) is 0.0909. The van der Waals surface area contributed by atoms with Crippen LogP contribution >= 0.6 is 27.5 Å². The molecule has 0 atom stereocenters. The third-order valence-electron chi connectivity index (χ3n) is 6.96. The van der Waals surface area contributed by atoms with E-state index in [9.17, 15) is 14.7 Å². The van der Waals surface area contributed by atoms with E-state index < -0.39 is 11.5 Å². The van der Waals surface area contributed by atoms with Crippen LogP contribution in [0.4, 0.5) is 0 Å². The van der Waals surface area contributed by atoms with E-state index in [1.54, 1.807) is 61.7 Å². The number of carbonyl (C=O) groups is 1. The highest BCUT2D eigenvalue weighted by atomic mass is 79.9. The van der Waals surface area contributed by atoms with E-state index in [1.807, 2.05) is 12.1 Å². The Morgan fingerprint density at radius 3 is 2.58 bits per heavy atom. The minimum absolute atomic E-state index is 0.0425. The molecular weight excluding hydrogens is 666 g/mol. The first-order valence-corrected chi connectivity index (χ1v) is 14.6. The van der Waals surface area contributed by atoms with Gasteiger partial charge in [0.15, 0.2) is 17.3 Å². The van der Waals surface area contributed by atoms with Crippen molar-refractivity contribution in [2.45, 2.75) is 6.61 Å². The van der Waals surface area contributed by atoms with Crippen LogP contribution in [0.2, 0.25) is 5.02 Å². The van der Waals surface area contributed by atoms with Crippen molar-refractivity contribution >= 4 is 61.6 Å². The molecule has 0 bridgehead atoms. The summed E-state index contributed by atoms with van der Waals surface area (Å²) in [4.78, 5) is 29.8. The van der Waals surface area contributed by atoms with Gasteiger partial charge < -0.3 is 23.7 Å². The Kier molecular flexibility index (Phi) is 8.29. The minimum Gasteiger partial charge on any atom is -0.496 e. The Morgan fingerprint density at radius 1 is 1.02 bits per heavy atom. The molecule has 10 nitrogen and oxygen atoms in total. The van der Waals surface area contributed by atoms with Gasteiger partial charge in [0, 0.05) is 10.0 Å². The van der Waals surface area contributed by atoms with Gasteiger partial charge in [0.2, 0.25) is 5.82 Å². The number of aromatic nitrogens is 2. The molecule has 6 aromatic rings. The molecule has 12 heteroatoms. The van der Waals surface area contributed by atoms with Crippen molar-refractivity contribution in [2.24, 2.45) is 5.10 Å². The summed E-state index contributed by atoms with van der Waals surface area (Å²) in [6, 6.07) is 22.2. The van der Waals surface area contributed by atoms with Gasteiger partial charge in [-0.25, -0.2) is 9.78 Å². The average Bonchev–Trinajstić information content (AvgIpc) is 3.50. The van der Waals surface area contributed by atoms with Crippen molar-refractivity contribution < 1.29 is 28.5 Å². The van der Waals surface area contributed by atoms with Gasteiger partial charge in [-0.05, 0) is 70.0 Å². The van der Waals surface area contributed by atoms with Crippen LogP contribution in [0.25, 0.3) is 33.5 Å². The fourth-order valence-corrected chi connectivity index (χ4v) is 5.42. The van der Waals surface area contributed by atoms with Crippen LogP contribution in [0.3, 0.4) is 0 Å². The molecule has 2 aromatic heterocycles. The molecular formula is C33H23BrClN3O7. The van der Waals surface area contributed by atoms with Gasteiger partial charge >= 0.3 is 5.97 Å². The Hall–Kier alpha value is -5.13. The Balaban J connectivity index is 1.41. The van der Waals surface area contributed by atoms with Crippen LogP contribution in [-0.4, -0.2) is 41.2 Å². The molecule has 0 aliphatic rings. The zero-order valence-corrected chi connectivity index (χ0v) is 26.1. The van der Waals surface area contributed by atoms with Crippen LogP contribution in [0.1, 0.15) is 21.5 Å². The van der Waals surface area contributed by atoms with Gasteiger partial charge in [0.05, 0.1) is 42.3 Å². The summed E-state index contributed by atoms with van der Waals surface area (Å²) in [5, 5.41) is 15.1. The fourth-order valence-electron chi connectivity index (χ4n) is 4.77. The molecule has 226 valence electrons. The first kappa shape index (κ1) is 29.9. The van der Waals surface area contributed by atoms with Gasteiger partial charge in [0.25, 0.3) is 5.56 Å². The predicted octanol–water partition coefficient (Wildman–Crippen LogP) is 7.40. The van der Waals surface area contributed by atoms with E-state index in [2.05, 4.69) is 21.0 Å². The van der Waals surface area contributed by atoms with Crippen LogP contribution < -0.4 is 19.8 Å². The highest BCUT2D eigenvalue weighted by Crippen LogP contribution is 2.42. The third-order valence-corrected chi connectivity index (χ3v) is 8.40. The number of methoxy groups -OCH3 is 2. The van der Waals surface area contributed by atoms with Crippen molar-refractivity contribution in [1.82, 2.24) is 9.66 Å². The number of carboxylic acid groups (broad SMARTS) is 1. The van der Waals surface area contributed by atoms with Crippen LogP contribution in [0, 0.1) is 0 Å². The lowest BCUT2D eigenvalue weighted by molar-refractivity contribution is 0.0696. The molecule has 45 heavy (non-hydrogen) atoms. The summed E-state index contributed by atoms with van der Waals surface area (Å²) in [7, 11) is 3.03. The van der Waals surface area contributed by atoms with Crippen LogP contribution in [0.5, 0.6) is 17.2 Å². The van der Waals surface area contributed by atoms with E-state index in [0.717, 1.165) is 5.39 Å². The van der Waals surface area contributed by atoms with E-state index in [4.69, 9.17) is 35.2 Å². The maximum atomic E-state index is 13.7. The van der Waals surface area contributed by atoms with Crippen LogP contribution in [-0.2, 0) is 6.61 Å². The quantitative estimate of drug-likeness (QED) is 0.156. The molecule has 2 heterocycles. The minimum atomic E-state index is -1.04. The molecule has 0 amide bonds. The summed E-state index contributed by atoms with van der Waals surface area (Å²) >= 11 is 10.2. The van der Waals surface area contributed by atoms with Gasteiger partial charge in [-0.2, -0.15) is 9.78 Å². The molecule has 1 N–H and O–H groups in total. The lowest BCUT2D eigenvalue weighted by Gasteiger charge is -2.15. The molecule has 0 radical (unpaired) electrons. The number of furan rings is 1. The summed E-state index contributed by atoms with van der Waals surface area (Å²) in [5.74, 6) is 0.620. The number of para-hydroxylation sites is 1. The molecule has 0 aliphatic heterocycles. The summed E-state index contributed by atoms with van der Waals surface area (Å²) in [6.45, 7) is 0.0425. The topological polar surface area (TPSA) is 125 Å². The van der Waals surface area contributed by atoms with Gasteiger partial charge in [-0.3, -0.25) is 4.79 Å². The van der Waals surface area contributed by atoms with Crippen molar-refractivity contribution in [1.29, 1.82) is 0 Å². The number of hydrogen-bond acceptors (Lipinski definition) is 8. The van der Waals surface area contributed by atoms with E-state index in [1.165, 1.54) is 30.1 Å². The maximum absolute atomic E-state index is 13.7. The Morgan fingerprint density at radius 2 is 1.80 bits per heavy atom. The Labute approximate surface area is 269 Å². The number of ether oxygens (including phenoxy) is 3. The number of nitrogens with zero attached hydrogens (tertiary/aromatic N) is 3. The number of benzene rings is 4. The number of rotatable bonds is 9. The zero-order chi connectivity index (χ0) is 31.7. The number of hydrogen-bond donors (Lipinski definition) is 1. The summed E-state index contributed by atoms with van der Waals surface area (Å²) < 4.78 is 24.7. The Bertz CT molecular complexity index is 2190. The molecule has 0 saturated carbocycles. The van der Waals surface area contributed by atoms with Crippen molar-refractivity contribution in [2.75, 3.05) is 14.2 Å². The van der Waals surface area contributed by atoms with Crippen molar-refractivity contribution in [3.8, 4) is 28.8 Å². The molecule has 0 aliphatic carbocycles. The van der Waals surface area contributed by atoms with Crippen LogP contribution in [0.15, 0.2) is 97.6 Å². The maximum Gasteiger partial charge on any atom is 0.335 e. The average molecular weight is 689 g/mol. The second-order valence-electron chi connectivity index (χ2n) is 9.72. The lowest BCUT2D eigenvalue weighted by Crippen LogP contribution is -2.20. The predicted molar refractivity (Wildman–Crippen MR) is 174 cm³/mol. The number of carboxylic acids is 1. The molecule has 4 aromatic carbocycles. The van der Waals surface area contributed by atoms with E-state index in [0.29, 0.717) is 49.3 Å². The third kappa shape index (κ3) is 5.75. The monoisotopic (exact) mass is 687 g/mol. The van der Waals surface area contributed by atoms with Gasteiger partial charge in [0.1, 0.15) is 23.0 Å². The second kappa shape index (κ2) is 12.5. The molecule has 0 saturated heterocycles. The molecule has 0 fully saturated rings. The van der Waals surface area contributed by atoms with Gasteiger partial charge in [-0.15, -0.1) is 0 Å².